The van der Waals surface area contributed by atoms with Crippen LogP contribution in [0.4, 0.5) is 5.13 Å². The van der Waals surface area contributed by atoms with Crippen LogP contribution in [-0.2, 0) is 6.42 Å². The number of aromatic nitrogens is 2. The zero-order valence-electron chi connectivity index (χ0n) is 18.4. The van der Waals surface area contributed by atoms with Crippen molar-refractivity contribution in [2.75, 3.05) is 11.5 Å². The maximum Gasteiger partial charge on any atom is 0.297 e. The molecule has 0 radical (unpaired) electrons. The molecule has 0 saturated heterocycles. The highest BCUT2D eigenvalue weighted by atomic mass is 32.1. The van der Waals surface area contributed by atoms with Crippen molar-refractivity contribution >= 4 is 33.3 Å². The van der Waals surface area contributed by atoms with Gasteiger partial charge in [0.05, 0.1) is 23.6 Å². The molecule has 4 aromatic rings. The topological polar surface area (TPSA) is 85.5 Å². The smallest absolute Gasteiger partial charge is 0.297 e. The highest BCUT2D eigenvalue weighted by molar-refractivity contribution is 7.15. The molecule has 0 bridgehead atoms. The number of carbonyl (C=O) groups excluding carboxylic acids is 1. The fourth-order valence-corrected chi connectivity index (χ4v) is 4.83. The van der Waals surface area contributed by atoms with Crippen LogP contribution in [0.1, 0.15) is 59.4 Å². The van der Waals surface area contributed by atoms with Gasteiger partial charge < -0.3 is 9.15 Å². The van der Waals surface area contributed by atoms with Crippen LogP contribution in [0.3, 0.4) is 0 Å². The molecule has 1 unspecified atom stereocenters. The summed E-state index contributed by atoms with van der Waals surface area (Å²) in [6.07, 6.45) is 2.68. The molecule has 0 N–H and O–H groups in total. The molecule has 1 amide bonds. The first kappa shape index (κ1) is 21.3. The highest BCUT2D eigenvalue weighted by Crippen LogP contribution is 2.42. The van der Waals surface area contributed by atoms with E-state index in [0.29, 0.717) is 40.4 Å². The second kappa shape index (κ2) is 8.78. The van der Waals surface area contributed by atoms with E-state index < -0.39 is 11.9 Å². The van der Waals surface area contributed by atoms with Crippen LogP contribution in [-0.4, -0.2) is 22.7 Å². The highest BCUT2D eigenvalue weighted by Gasteiger charge is 2.45. The molecule has 0 spiro atoms. The summed E-state index contributed by atoms with van der Waals surface area (Å²) in [5.74, 6) is 0.349. The minimum absolute atomic E-state index is 0.0502. The third kappa shape index (κ3) is 3.70. The zero-order chi connectivity index (χ0) is 22.9. The summed E-state index contributed by atoms with van der Waals surface area (Å²) in [4.78, 5) is 28.7. The fourth-order valence-electron chi connectivity index (χ4n) is 4.03. The first-order chi connectivity index (χ1) is 16.1. The number of carbonyl (C=O) groups is 1. The van der Waals surface area contributed by atoms with Crippen LogP contribution >= 0.6 is 11.3 Å². The lowest BCUT2D eigenvalue weighted by atomic mass is 9.98. The Hall–Kier alpha value is -3.52. The Morgan fingerprint density at radius 2 is 1.94 bits per heavy atom. The van der Waals surface area contributed by atoms with Crippen molar-refractivity contribution in [2.24, 2.45) is 0 Å². The van der Waals surface area contributed by atoms with Crippen molar-refractivity contribution < 1.29 is 13.9 Å². The molecule has 1 aliphatic rings. The molecule has 7 nitrogen and oxygen atoms in total. The van der Waals surface area contributed by atoms with E-state index in [1.165, 1.54) is 16.2 Å². The zero-order valence-corrected chi connectivity index (χ0v) is 19.2. The molecule has 2 aromatic carbocycles. The van der Waals surface area contributed by atoms with E-state index >= 15 is 0 Å². The molecule has 1 atom stereocenters. The molecule has 33 heavy (non-hydrogen) atoms. The van der Waals surface area contributed by atoms with E-state index in [1.54, 1.807) is 24.3 Å². The molecule has 0 saturated carbocycles. The number of hydrogen-bond donors (Lipinski definition) is 0. The molecular weight excluding hydrogens is 438 g/mol. The number of fused-ring (bicyclic) bond motifs is 2. The van der Waals surface area contributed by atoms with Crippen LogP contribution in [0.2, 0.25) is 0 Å². The van der Waals surface area contributed by atoms with Gasteiger partial charge in [0, 0.05) is 0 Å². The van der Waals surface area contributed by atoms with Crippen LogP contribution in [0.5, 0.6) is 5.75 Å². The molecular formula is C25H23N3O4S. The van der Waals surface area contributed by atoms with Crippen LogP contribution < -0.4 is 15.1 Å². The summed E-state index contributed by atoms with van der Waals surface area (Å²) in [6, 6.07) is 13.8. The van der Waals surface area contributed by atoms with E-state index in [4.69, 9.17) is 9.15 Å². The second-order valence-electron chi connectivity index (χ2n) is 7.85. The Labute approximate surface area is 194 Å². The summed E-state index contributed by atoms with van der Waals surface area (Å²) >= 11 is 1.34. The SMILES string of the molecule is CCCCOc1cccc(C2c3c(oc4ccccc4c3=O)C(=O)N2c2nnc(CC)s2)c1. The minimum Gasteiger partial charge on any atom is -0.494 e. The Balaban J connectivity index is 1.69. The van der Waals surface area contributed by atoms with E-state index in [9.17, 15) is 9.59 Å². The molecule has 2 aromatic heterocycles. The fraction of sp³-hybridized carbons (Fsp3) is 0.280. The number of rotatable bonds is 7. The largest absolute Gasteiger partial charge is 0.494 e. The standard InChI is InChI=1S/C25H23N3O4S/c1-3-5-13-31-16-10-8-9-15(14-16)21-20-22(29)17-11-6-7-12-18(17)32-23(20)24(30)28(21)25-27-26-19(4-2)33-25/h6-12,14,21H,3-5,13H2,1-2H3. The summed E-state index contributed by atoms with van der Waals surface area (Å²) < 4.78 is 11.9. The average Bonchev–Trinajstić information content (AvgIpc) is 3.42. The second-order valence-corrected chi connectivity index (χ2v) is 8.89. The molecule has 168 valence electrons. The maximum absolute atomic E-state index is 13.6. The normalized spacial score (nSPS) is 15.3. The lowest BCUT2D eigenvalue weighted by molar-refractivity contribution is 0.0970. The number of ether oxygens (including phenoxy) is 1. The van der Waals surface area contributed by atoms with Gasteiger partial charge in [0.1, 0.15) is 16.3 Å². The van der Waals surface area contributed by atoms with Crippen LogP contribution in [0.25, 0.3) is 11.0 Å². The number of unbranched alkanes of at least 4 members (excludes halogenated alkanes) is 1. The van der Waals surface area contributed by atoms with Crippen LogP contribution in [0, 0.1) is 0 Å². The lowest BCUT2D eigenvalue weighted by Crippen LogP contribution is -2.29. The number of nitrogens with zero attached hydrogens (tertiary/aromatic N) is 3. The van der Waals surface area contributed by atoms with Crippen molar-refractivity contribution in [3.63, 3.8) is 0 Å². The van der Waals surface area contributed by atoms with Crippen molar-refractivity contribution in [1.29, 1.82) is 0 Å². The number of aryl methyl sites for hydroxylation is 1. The quantitative estimate of drug-likeness (QED) is 0.355. The minimum atomic E-state index is -0.680. The van der Waals surface area contributed by atoms with Gasteiger partial charge in [-0.3, -0.25) is 14.5 Å². The van der Waals surface area contributed by atoms with Gasteiger partial charge in [-0.15, -0.1) is 10.2 Å². The third-order valence-electron chi connectivity index (χ3n) is 5.68. The average molecular weight is 462 g/mol. The summed E-state index contributed by atoms with van der Waals surface area (Å²) in [7, 11) is 0. The summed E-state index contributed by atoms with van der Waals surface area (Å²) in [6.45, 7) is 4.69. The monoisotopic (exact) mass is 461 g/mol. The molecule has 0 fully saturated rings. The number of hydrogen-bond acceptors (Lipinski definition) is 7. The van der Waals surface area contributed by atoms with Gasteiger partial charge in [0.15, 0.2) is 5.43 Å². The van der Waals surface area contributed by atoms with Gasteiger partial charge >= 0.3 is 0 Å². The van der Waals surface area contributed by atoms with Crippen molar-refractivity contribution in [3.05, 3.63) is 80.6 Å². The first-order valence-electron chi connectivity index (χ1n) is 11.1. The molecule has 8 heteroatoms. The van der Waals surface area contributed by atoms with Gasteiger partial charge in [0.2, 0.25) is 10.9 Å². The predicted octanol–water partition coefficient (Wildman–Crippen LogP) is 5.14. The van der Waals surface area contributed by atoms with E-state index in [0.717, 1.165) is 23.4 Å². The summed E-state index contributed by atoms with van der Waals surface area (Å²) in [5, 5.41) is 10.1. The number of anilines is 1. The lowest BCUT2D eigenvalue weighted by Gasteiger charge is -2.22. The Morgan fingerprint density at radius 1 is 1.09 bits per heavy atom. The number of benzene rings is 2. The van der Waals surface area contributed by atoms with Crippen LogP contribution in [0.15, 0.2) is 57.7 Å². The number of amides is 1. The van der Waals surface area contributed by atoms with Gasteiger partial charge in [-0.1, -0.05) is 55.9 Å². The number of para-hydroxylation sites is 1. The van der Waals surface area contributed by atoms with Crippen molar-refractivity contribution in [2.45, 2.75) is 39.2 Å². The molecule has 0 aliphatic carbocycles. The van der Waals surface area contributed by atoms with Crippen molar-refractivity contribution in [3.8, 4) is 5.75 Å². The molecule has 5 rings (SSSR count). The third-order valence-corrected chi connectivity index (χ3v) is 6.75. The Bertz CT molecular complexity index is 1390. The predicted molar refractivity (Wildman–Crippen MR) is 127 cm³/mol. The summed E-state index contributed by atoms with van der Waals surface area (Å²) in [5.41, 5.74) is 1.24. The van der Waals surface area contributed by atoms with Crippen molar-refractivity contribution in [1.82, 2.24) is 10.2 Å². The van der Waals surface area contributed by atoms with Gasteiger partial charge in [-0.05, 0) is 42.7 Å². The van der Waals surface area contributed by atoms with E-state index in [1.807, 2.05) is 31.2 Å². The first-order valence-corrected chi connectivity index (χ1v) is 11.9. The Kier molecular flexibility index (Phi) is 5.68. The van der Waals surface area contributed by atoms with E-state index in [2.05, 4.69) is 17.1 Å². The Morgan fingerprint density at radius 3 is 2.73 bits per heavy atom. The molecule has 3 heterocycles. The van der Waals surface area contributed by atoms with Gasteiger partial charge in [-0.25, -0.2) is 0 Å². The molecule has 1 aliphatic heterocycles. The van der Waals surface area contributed by atoms with E-state index in [-0.39, 0.29) is 11.2 Å². The van der Waals surface area contributed by atoms with Gasteiger partial charge in [-0.2, -0.15) is 0 Å². The maximum atomic E-state index is 13.6. The van der Waals surface area contributed by atoms with Gasteiger partial charge in [0.25, 0.3) is 5.91 Å².